The van der Waals surface area contributed by atoms with Crippen LogP contribution in [0.1, 0.15) is 22.8 Å². The van der Waals surface area contributed by atoms with Gasteiger partial charge in [0.2, 0.25) is 0 Å². The maximum Gasteiger partial charge on any atom is 0.328 e. The third-order valence-electron chi connectivity index (χ3n) is 3.01. The Labute approximate surface area is 118 Å². The van der Waals surface area contributed by atoms with Crippen LogP contribution in [-0.4, -0.2) is 48.6 Å². The number of carbonyl (C=O) groups excluding carboxylic acids is 1. The number of nitrogens with zero attached hydrogens (tertiary/aromatic N) is 1. The number of aliphatic carboxylic acids is 1. The predicted octanol–water partition coefficient (Wildman–Crippen LogP) is 1.46. The third kappa shape index (κ3) is 5.24. The molecular weight excluding hydrogens is 256 g/mol. The molecule has 5 heteroatoms. The second kappa shape index (κ2) is 7.45. The van der Waals surface area contributed by atoms with Crippen LogP contribution < -0.4 is 5.32 Å². The van der Waals surface area contributed by atoms with Crippen molar-refractivity contribution in [2.75, 3.05) is 20.6 Å². The maximum absolute atomic E-state index is 12.0. The van der Waals surface area contributed by atoms with Gasteiger partial charge in [-0.05, 0) is 44.8 Å². The van der Waals surface area contributed by atoms with Crippen LogP contribution in [0.4, 0.5) is 0 Å². The summed E-state index contributed by atoms with van der Waals surface area (Å²) >= 11 is 0. The van der Waals surface area contributed by atoms with E-state index in [1.807, 2.05) is 25.9 Å². The largest absolute Gasteiger partial charge is 0.478 e. The standard InChI is InChI=1S/C15H20N2O3/c1-11(17(2)3)10-16-15(20)13-6-4-5-12(9-13)7-8-14(18)19/h4-9,11H,10H2,1-3H3,(H,16,20)(H,18,19). The molecule has 0 aliphatic rings. The molecule has 0 aliphatic carbocycles. The van der Waals surface area contributed by atoms with Crippen molar-refractivity contribution in [2.45, 2.75) is 13.0 Å². The monoisotopic (exact) mass is 276 g/mol. The molecule has 5 nitrogen and oxygen atoms in total. The SMILES string of the molecule is CC(CNC(=O)c1cccc(C=CC(=O)O)c1)N(C)C. The number of hydrogen-bond donors (Lipinski definition) is 2. The molecule has 1 aromatic carbocycles. The van der Waals surface area contributed by atoms with Crippen molar-refractivity contribution in [1.82, 2.24) is 10.2 Å². The van der Waals surface area contributed by atoms with Crippen molar-refractivity contribution in [3.8, 4) is 0 Å². The van der Waals surface area contributed by atoms with Crippen LogP contribution in [0.15, 0.2) is 30.3 Å². The van der Waals surface area contributed by atoms with Crippen molar-refractivity contribution in [2.24, 2.45) is 0 Å². The quantitative estimate of drug-likeness (QED) is 0.772. The topological polar surface area (TPSA) is 69.6 Å². The number of carboxylic acids is 1. The Balaban J connectivity index is 2.69. The molecule has 0 aromatic heterocycles. The highest BCUT2D eigenvalue weighted by atomic mass is 16.4. The number of carbonyl (C=O) groups is 2. The highest BCUT2D eigenvalue weighted by molar-refractivity contribution is 5.95. The molecule has 1 unspecified atom stereocenters. The second-order valence-electron chi connectivity index (χ2n) is 4.82. The highest BCUT2D eigenvalue weighted by Crippen LogP contribution is 2.07. The van der Waals surface area contributed by atoms with Gasteiger partial charge < -0.3 is 15.3 Å². The summed E-state index contributed by atoms with van der Waals surface area (Å²) < 4.78 is 0. The molecule has 0 fully saturated rings. The van der Waals surface area contributed by atoms with E-state index < -0.39 is 5.97 Å². The molecule has 2 N–H and O–H groups in total. The van der Waals surface area contributed by atoms with E-state index in [0.29, 0.717) is 17.7 Å². The molecule has 0 saturated heterocycles. The zero-order valence-electron chi connectivity index (χ0n) is 12.0. The van der Waals surface area contributed by atoms with E-state index in [1.165, 1.54) is 6.08 Å². The molecule has 0 bridgehead atoms. The number of carboxylic acid groups (broad SMARTS) is 1. The van der Waals surface area contributed by atoms with E-state index in [1.54, 1.807) is 24.3 Å². The van der Waals surface area contributed by atoms with Gasteiger partial charge in [-0.25, -0.2) is 4.79 Å². The van der Waals surface area contributed by atoms with E-state index in [2.05, 4.69) is 5.32 Å². The molecule has 0 aliphatic heterocycles. The van der Waals surface area contributed by atoms with E-state index in [9.17, 15) is 9.59 Å². The van der Waals surface area contributed by atoms with Crippen molar-refractivity contribution in [3.05, 3.63) is 41.5 Å². The van der Waals surface area contributed by atoms with Crippen LogP contribution in [0, 0.1) is 0 Å². The average molecular weight is 276 g/mol. The summed E-state index contributed by atoms with van der Waals surface area (Å²) in [6, 6.07) is 7.09. The van der Waals surface area contributed by atoms with E-state index in [4.69, 9.17) is 5.11 Å². The fraction of sp³-hybridized carbons (Fsp3) is 0.333. The zero-order valence-corrected chi connectivity index (χ0v) is 12.0. The minimum absolute atomic E-state index is 0.163. The Kier molecular flexibility index (Phi) is 5.93. The molecule has 0 heterocycles. The van der Waals surface area contributed by atoms with Crippen LogP contribution in [0.2, 0.25) is 0 Å². The van der Waals surface area contributed by atoms with Gasteiger partial charge in [-0.1, -0.05) is 12.1 Å². The van der Waals surface area contributed by atoms with Gasteiger partial charge in [0.1, 0.15) is 0 Å². The van der Waals surface area contributed by atoms with Gasteiger partial charge in [-0.15, -0.1) is 0 Å². The minimum atomic E-state index is -1.01. The van der Waals surface area contributed by atoms with E-state index in [0.717, 1.165) is 6.08 Å². The first-order valence-electron chi connectivity index (χ1n) is 6.36. The number of benzene rings is 1. The lowest BCUT2D eigenvalue weighted by molar-refractivity contribution is -0.131. The molecule has 0 radical (unpaired) electrons. The number of rotatable bonds is 6. The molecule has 0 spiro atoms. The second-order valence-corrected chi connectivity index (χ2v) is 4.82. The molecular formula is C15H20N2O3. The molecule has 1 rings (SSSR count). The molecule has 108 valence electrons. The van der Waals surface area contributed by atoms with Crippen LogP contribution in [0.25, 0.3) is 6.08 Å². The first kappa shape index (κ1) is 15.9. The van der Waals surface area contributed by atoms with Crippen molar-refractivity contribution >= 4 is 18.0 Å². The van der Waals surface area contributed by atoms with Crippen LogP contribution >= 0.6 is 0 Å². The Morgan fingerprint density at radius 1 is 1.40 bits per heavy atom. The van der Waals surface area contributed by atoms with E-state index in [-0.39, 0.29) is 11.9 Å². The zero-order chi connectivity index (χ0) is 15.1. The molecule has 0 saturated carbocycles. The van der Waals surface area contributed by atoms with E-state index >= 15 is 0 Å². The summed E-state index contributed by atoms with van der Waals surface area (Å²) in [5.74, 6) is -1.18. The fourth-order valence-corrected chi connectivity index (χ4v) is 1.48. The van der Waals surface area contributed by atoms with Crippen molar-refractivity contribution in [3.63, 3.8) is 0 Å². The lowest BCUT2D eigenvalue weighted by atomic mass is 10.1. The summed E-state index contributed by atoms with van der Waals surface area (Å²) in [5.41, 5.74) is 1.20. The smallest absolute Gasteiger partial charge is 0.328 e. The van der Waals surface area contributed by atoms with Crippen LogP contribution in [0.3, 0.4) is 0 Å². The Bertz CT molecular complexity index is 510. The summed E-state index contributed by atoms with van der Waals surface area (Å²) in [6.45, 7) is 2.58. The van der Waals surface area contributed by atoms with Gasteiger partial charge in [0.25, 0.3) is 5.91 Å². The molecule has 1 amide bonds. The molecule has 1 aromatic rings. The van der Waals surface area contributed by atoms with Gasteiger partial charge in [0.15, 0.2) is 0 Å². The number of likely N-dealkylation sites (N-methyl/N-ethyl adjacent to an activating group) is 1. The maximum atomic E-state index is 12.0. The van der Waals surface area contributed by atoms with Gasteiger partial charge in [0.05, 0.1) is 0 Å². The number of nitrogens with one attached hydrogen (secondary N) is 1. The highest BCUT2D eigenvalue weighted by Gasteiger charge is 2.09. The summed E-state index contributed by atoms with van der Waals surface area (Å²) in [7, 11) is 3.91. The van der Waals surface area contributed by atoms with Crippen molar-refractivity contribution < 1.29 is 14.7 Å². The Hall–Kier alpha value is -2.14. The van der Waals surface area contributed by atoms with Gasteiger partial charge in [-0.3, -0.25) is 4.79 Å². The summed E-state index contributed by atoms with van der Waals surface area (Å²) in [5, 5.41) is 11.4. The number of amides is 1. The fourth-order valence-electron chi connectivity index (χ4n) is 1.48. The van der Waals surface area contributed by atoms with Crippen molar-refractivity contribution in [1.29, 1.82) is 0 Å². The molecule has 20 heavy (non-hydrogen) atoms. The first-order valence-corrected chi connectivity index (χ1v) is 6.36. The number of hydrogen-bond acceptors (Lipinski definition) is 3. The first-order chi connectivity index (χ1) is 9.40. The predicted molar refractivity (Wildman–Crippen MR) is 78.6 cm³/mol. The van der Waals surface area contributed by atoms with Gasteiger partial charge in [0, 0.05) is 24.2 Å². The van der Waals surface area contributed by atoms with Gasteiger partial charge >= 0.3 is 5.97 Å². The minimum Gasteiger partial charge on any atom is -0.478 e. The van der Waals surface area contributed by atoms with Crippen LogP contribution in [0.5, 0.6) is 0 Å². The molecule has 1 atom stereocenters. The summed E-state index contributed by atoms with van der Waals surface area (Å²) in [6.07, 6.45) is 2.51. The van der Waals surface area contributed by atoms with Gasteiger partial charge in [-0.2, -0.15) is 0 Å². The lowest BCUT2D eigenvalue weighted by Gasteiger charge is -2.19. The third-order valence-corrected chi connectivity index (χ3v) is 3.01. The lowest BCUT2D eigenvalue weighted by Crippen LogP contribution is -2.38. The summed E-state index contributed by atoms with van der Waals surface area (Å²) in [4.78, 5) is 24.5. The Morgan fingerprint density at radius 2 is 2.10 bits per heavy atom. The average Bonchev–Trinajstić information content (AvgIpc) is 2.42. The normalized spacial score (nSPS) is 12.6. The Morgan fingerprint density at radius 3 is 2.70 bits per heavy atom. The van der Waals surface area contributed by atoms with Crippen LogP contribution in [-0.2, 0) is 4.79 Å².